The summed E-state index contributed by atoms with van der Waals surface area (Å²) in [4.78, 5) is 26.4. The van der Waals surface area contributed by atoms with Crippen LogP contribution in [-0.2, 0) is 22.6 Å². The Hall–Kier alpha value is -2.82. The van der Waals surface area contributed by atoms with Crippen molar-refractivity contribution >= 4 is 17.5 Å². The van der Waals surface area contributed by atoms with E-state index in [-0.39, 0.29) is 17.7 Å². The SMILES string of the molecule is COc1ccccc1CN(C)C(=O)CC[C@@H]1Cc2ccccc2NC1=O. The maximum atomic E-state index is 12.5. The molecule has 5 nitrogen and oxygen atoms in total. The fraction of sp³-hybridized carbons (Fsp3) is 0.333. The lowest BCUT2D eigenvalue weighted by atomic mass is 9.89. The zero-order valence-electron chi connectivity index (χ0n) is 15.2. The van der Waals surface area contributed by atoms with E-state index in [1.54, 1.807) is 19.1 Å². The molecule has 0 unspecified atom stereocenters. The maximum absolute atomic E-state index is 12.5. The van der Waals surface area contributed by atoms with Crippen LogP contribution in [0.15, 0.2) is 48.5 Å². The van der Waals surface area contributed by atoms with Crippen LogP contribution < -0.4 is 10.1 Å². The van der Waals surface area contributed by atoms with Gasteiger partial charge in [0.1, 0.15) is 5.75 Å². The summed E-state index contributed by atoms with van der Waals surface area (Å²) in [7, 11) is 3.41. The van der Waals surface area contributed by atoms with E-state index in [4.69, 9.17) is 4.74 Å². The van der Waals surface area contributed by atoms with Crippen LogP contribution >= 0.6 is 0 Å². The van der Waals surface area contributed by atoms with Gasteiger partial charge in [0, 0.05) is 37.2 Å². The van der Waals surface area contributed by atoms with Crippen molar-refractivity contribution in [2.45, 2.75) is 25.8 Å². The van der Waals surface area contributed by atoms with Crippen LogP contribution in [0.3, 0.4) is 0 Å². The molecule has 1 N–H and O–H groups in total. The van der Waals surface area contributed by atoms with Crippen LogP contribution in [0.2, 0.25) is 0 Å². The molecule has 136 valence electrons. The molecule has 5 heteroatoms. The largest absolute Gasteiger partial charge is 0.496 e. The third-order valence-corrected chi connectivity index (χ3v) is 4.84. The molecular weight excluding hydrogens is 328 g/mol. The average molecular weight is 352 g/mol. The molecule has 0 radical (unpaired) electrons. The molecule has 2 amide bonds. The van der Waals surface area contributed by atoms with Crippen LogP contribution in [-0.4, -0.2) is 30.9 Å². The lowest BCUT2D eigenvalue weighted by Crippen LogP contribution is -2.32. The minimum Gasteiger partial charge on any atom is -0.496 e. The Kier molecular flexibility index (Phi) is 5.56. The smallest absolute Gasteiger partial charge is 0.227 e. The van der Waals surface area contributed by atoms with Gasteiger partial charge in [0.25, 0.3) is 0 Å². The maximum Gasteiger partial charge on any atom is 0.227 e. The zero-order valence-corrected chi connectivity index (χ0v) is 15.2. The molecule has 2 aromatic carbocycles. The summed E-state index contributed by atoms with van der Waals surface area (Å²) in [5.74, 6) is 0.648. The van der Waals surface area contributed by atoms with E-state index in [0.29, 0.717) is 25.8 Å². The van der Waals surface area contributed by atoms with Crippen molar-refractivity contribution in [2.75, 3.05) is 19.5 Å². The molecular formula is C21H24N2O3. The number of para-hydroxylation sites is 2. The molecule has 3 rings (SSSR count). The van der Waals surface area contributed by atoms with Crippen LogP contribution in [0.1, 0.15) is 24.0 Å². The molecule has 2 aromatic rings. The van der Waals surface area contributed by atoms with Gasteiger partial charge in [0.05, 0.1) is 7.11 Å². The normalized spacial score (nSPS) is 15.8. The first-order valence-corrected chi connectivity index (χ1v) is 8.83. The Balaban J connectivity index is 1.56. The lowest BCUT2D eigenvalue weighted by molar-refractivity contribution is -0.131. The van der Waals surface area contributed by atoms with Crippen LogP contribution in [0.5, 0.6) is 5.75 Å². The van der Waals surface area contributed by atoms with Crippen molar-refractivity contribution in [1.82, 2.24) is 4.90 Å². The first-order valence-electron chi connectivity index (χ1n) is 8.83. The predicted molar refractivity (Wildman–Crippen MR) is 101 cm³/mol. The van der Waals surface area contributed by atoms with Crippen molar-refractivity contribution in [1.29, 1.82) is 0 Å². The van der Waals surface area contributed by atoms with Crippen molar-refractivity contribution in [2.24, 2.45) is 5.92 Å². The van der Waals surface area contributed by atoms with Crippen molar-refractivity contribution in [3.63, 3.8) is 0 Å². The highest BCUT2D eigenvalue weighted by atomic mass is 16.5. The van der Waals surface area contributed by atoms with E-state index in [1.165, 1.54) is 0 Å². The summed E-state index contributed by atoms with van der Waals surface area (Å²) >= 11 is 0. The topological polar surface area (TPSA) is 58.6 Å². The molecule has 1 aliphatic rings. The van der Waals surface area contributed by atoms with Gasteiger partial charge in [-0.3, -0.25) is 9.59 Å². The molecule has 1 heterocycles. The van der Waals surface area contributed by atoms with Gasteiger partial charge in [-0.1, -0.05) is 36.4 Å². The molecule has 0 spiro atoms. The van der Waals surface area contributed by atoms with Gasteiger partial charge in [-0.15, -0.1) is 0 Å². The summed E-state index contributed by atoms with van der Waals surface area (Å²) in [6.07, 6.45) is 1.59. The van der Waals surface area contributed by atoms with E-state index < -0.39 is 0 Å². The van der Waals surface area contributed by atoms with E-state index in [0.717, 1.165) is 22.6 Å². The number of fused-ring (bicyclic) bond motifs is 1. The highest BCUT2D eigenvalue weighted by Gasteiger charge is 2.26. The number of carbonyl (C=O) groups excluding carboxylic acids is 2. The number of nitrogens with zero attached hydrogens (tertiary/aromatic N) is 1. The number of benzene rings is 2. The summed E-state index contributed by atoms with van der Waals surface area (Å²) < 4.78 is 5.34. The van der Waals surface area contributed by atoms with E-state index in [1.807, 2.05) is 48.5 Å². The average Bonchev–Trinajstić information content (AvgIpc) is 2.66. The number of anilines is 1. The van der Waals surface area contributed by atoms with Gasteiger partial charge in [-0.05, 0) is 30.5 Å². The lowest BCUT2D eigenvalue weighted by Gasteiger charge is -2.25. The first-order chi connectivity index (χ1) is 12.6. The van der Waals surface area contributed by atoms with E-state index in [9.17, 15) is 9.59 Å². The highest BCUT2D eigenvalue weighted by Crippen LogP contribution is 2.28. The Morgan fingerprint density at radius 2 is 1.92 bits per heavy atom. The minimum atomic E-state index is -0.159. The van der Waals surface area contributed by atoms with Crippen molar-refractivity contribution in [3.05, 3.63) is 59.7 Å². The standard InChI is InChI=1S/C21H24N2O3/c1-23(14-17-8-4-6-10-19(17)26-2)20(24)12-11-16-13-15-7-3-5-9-18(15)22-21(16)25/h3-10,16H,11-14H2,1-2H3,(H,22,25)/t16-/m1/s1. The molecule has 1 atom stereocenters. The summed E-state index contributed by atoms with van der Waals surface area (Å²) in [5, 5.41) is 2.94. The van der Waals surface area contributed by atoms with Gasteiger partial charge in [0.15, 0.2) is 0 Å². The summed E-state index contributed by atoms with van der Waals surface area (Å²) in [6.45, 7) is 0.489. The molecule has 1 aliphatic heterocycles. The summed E-state index contributed by atoms with van der Waals surface area (Å²) in [5.41, 5.74) is 2.98. The second-order valence-corrected chi connectivity index (χ2v) is 6.65. The Morgan fingerprint density at radius 1 is 1.19 bits per heavy atom. The Bertz CT molecular complexity index is 803. The number of amides is 2. The number of nitrogens with one attached hydrogen (secondary N) is 1. The van der Waals surface area contributed by atoms with Crippen molar-refractivity contribution in [3.8, 4) is 5.75 Å². The molecule has 0 bridgehead atoms. The number of ether oxygens (including phenoxy) is 1. The molecule has 0 fully saturated rings. The molecule has 0 aromatic heterocycles. The van der Waals surface area contributed by atoms with Gasteiger partial charge in [0.2, 0.25) is 11.8 Å². The van der Waals surface area contributed by atoms with E-state index in [2.05, 4.69) is 5.32 Å². The second-order valence-electron chi connectivity index (χ2n) is 6.65. The van der Waals surface area contributed by atoms with Gasteiger partial charge < -0.3 is 15.0 Å². The van der Waals surface area contributed by atoms with E-state index >= 15 is 0 Å². The molecule has 0 saturated carbocycles. The van der Waals surface area contributed by atoms with Gasteiger partial charge in [-0.25, -0.2) is 0 Å². The Labute approximate surface area is 154 Å². The minimum absolute atomic E-state index is 0.00359. The zero-order chi connectivity index (χ0) is 18.5. The highest BCUT2D eigenvalue weighted by molar-refractivity contribution is 5.96. The predicted octanol–water partition coefficient (Wildman–Crippen LogP) is 3.24. The van der Waals surface area contributed by atoms with Crippen LogP contribution in [0.25, 0.3) is 0 Å². The number of hydrogen-bond acceptors (Lipinski definition) is 3. The summed E-state index contributed by atoms with van der Waals surface area (Å²) in [6, 6.07) is 15.5. The number of rotatable bonds is 6. The third kappa shape index (κ3) is 4.04. The molecule has 0 saturated heterocycles. The van der Waals surface area contributed by atoms with Crippen LogP contribution in [0, 0.1) is 5.92 Å². The molecule has 0 aliphatic carbocycles. The third-order valence-electron chi connectivity index (χ3n) is 4.84. The number of carbonyl (C=O) groups is 2. The number of hydrogen-bond donors (Lipinski definition) is 1. The van der Waals surface area contributed by atoms with Gasteiger partial charge in [-0.2, -0.15) is 0 Å². The monoisotopic (exact) mass is 352 g/mol. The van der Waals surface area contributed by atoms with Gasteiger partial charge >= 0.3 is 0 Å². The Morgan fingerprint density at radius 3 is 2.73 bits per heavy atom. The molecule has 26 heavy (non-hydrogen) atoms. The van der Waals surface area contributed by atoms with Crippen molar-refractivity contribution < 1.29 is 14.3 Å². The first kappa shape index (κ1) is 18.0. The van der Waals surface area contributed by atoms with Crippen LogP contribution in [0.4, 0.5) is 5.69 Å². The fourth-order valence-electron chi connectivity index (χ4n) is 3.31. The number of methoxy groups -OCH3 is 1. The second kappa shape index (κ2) is 8.04. The quantitative estimate of drug-likeness (QED) is 0.868. The fourth-order valence-corrected chi connectivity index (χ4v) is 3.31.